The van der Waals surface area contributed by atoms with Gasteiger partial charge in [0.1, 0.15) is 4.90 Å². The molecular weight excluding hydrogens is 266 g/mol. The zero-order chi connectivity index (χ0) is 14.3. The Hall–Kier alpha value is -1.31. The number of nitrogens with two attached hydrogens (primary N) is 2. The van der Waals surface area contributed by atoms with E-state index in [0.29, 0.717) is 6.54 Å². The molecule has 1 aromatic carbocycles. The van der Waals surface area contributed by atoms with Crippen LogP contribution in [0, 0.1) is 0 Å². The fraction of sp³-hybridized carbons (Fsp3) is 0.500. The Morgan fingerprint density at radius 3 is 2.63 bits per heavy atom. The van der Waals surface area contributed by atoms with E-state index in [0.717, 1.165) is 25.1 Å². The smallest absolute Gasteiger partial charge is 0.240 e. The van der Waals surface area contributed by atoms with E-state index in [1.165, 1.54) is 6.07 Å². The summed E-state index contributed by atoms with van der Waals surface area (Å²) in [5.74, 6) is 0. The molecule has 1 atom stereocenters. The van der Waals surface area contributed by atoms with Crippen LogP contribution in [-0.2, 0) is 10.0 Å². The first kappa shape index (κ1) is 14.1. The van der Waals surface area contributed by atoms with Crippen molar-refractivity contribution in [3.8, 4) is 0 Å². The van der Waals surface area contributed by atoms with Crippen molar-refractivity contribution in [3.63, 3.8) is 0 Å². The number of aliphatic hydroxyl groups is 1. The summed E-state index contributed by atoms with van der Waals surface area (Å²) in [5.41, 5.74) is 5.93. The van der Waals surface area contributed by atoms with Crippen LogP contribution < -0.4 is 15.8 Å². The molecule has 0 aliphatic carbocycles. The van der Waals surface area contributed by atoms with Crippen LogP contribution in [0.5, 0.6) is 0 Å². The fourth-order valence-corrected chi connectivity index (χ4v) is 3.08. The molecule has 0 radical (unpaired) electrons. The standard InChI is InChI=1S/C12H19N3O3S/c1-12(16)5-2-6-15(8-12)9-3-4-11(10(13)7-9)19(14,17)18/h3-4,7,16H,2,5-6,8,13H2,1H3,(H2,14,17,18). The first-order valence-corrected chi connectivity index (χ1v) is 7.63. The first-order chi connectivity index (χ1) is 8.69. The van der Waals surface area contributed by atoms with E-state index in [1.54, 1.807) is 19.1 Å². The first-order valence-electron chi connectivity index (χ1n) is 6.09. The number of rotatable bonds is 2. The summed E-state index contributed by atoms with van der Waals surface area (Å²) in [6.45, 7) is 3.10. The van der Waals surface area contributed by atoms with Gasteiger partial charge in [0.05, 0.1) is 11.3 Å². The molecular formula is C12H19N3O3S. The Kier molecular flexibility index (Phi) is 3.46. The van der Waals surface area contributed by atoms with Crippen molar-refractivity contribution in [2.75, 3.05) is 23.7 Å². The maximum absolute atomic E-state index is 11.3. The molecule has 0 spiro atoms. The Morgan fingerprint density at radius 1 is 1.42 bits per heavy atom. The minimum atomic E-state index is -3.80. The highest BCUT2D eigenvalue weighted by Gasteiger charge is 2.28. The summed E-state index contributed by atoms with van der Waals surface area (Å²) < 4.78 is 22.6. The van der Waals surface area contributed by atoms with Crippen molar-refractivity contribution >= 4 is 21.4 Å². The molecule has 1 saturated heterocycles. The second-order valence-corrected chi connectivity index (χ2v) is 6.82. The van der Waals surface area contributed by atoms with Crippen LogP contribution in [0.3, 0.4) is 0 Å². The summed E-state index contributed by atoms with van der Waals surface area (Å²) >= 11 is 0. The number of nitrogen functional groups attached to an aromatic ring is 1. The van der Waals surface area contributed by atoms with Crippen LogP contribution in [0.15, 0.2) is 23.1 Å². The van der Waals surface area contributed by atoms with Gasteiger partial charge < -0.3 is 15.7 Å². The van der Waals surface area contributed by atoms with Gasteiger partial charge in [-0.25, -0.2) is 13.6 Å². The van der Waals surface area contributed by atoms with Gasteiger partial charge in [-0.05, 0) is 38.0 Å². The van der Waals surface area contributed by atoms with Crippen molar-refractivity contribution in [2.45, 2.75) is 30.3 Å². The highest BCUT2D eigenvalue weighted by atomic mass is 32.2. The molecule has 1 aliphatic heterocycles. The molecule has 1 aromatic rings. The lowest BCUT2D eigenvalue weighted by atomic mass is 9.95. The molecule has 106 valence electrons. The van der Waals surface area contributed by atoms with E-state index in [4.69, 9.17) is 10.9 Å². The second kappa shape index (κ2) is 4.66. The van der Waals surface area contributed by atoms with E-state index in [-0.39, 0.29) is 10.6 Å². The molecule has 1 heterocycles. The number of benzene rings is 1. The molecule has 6 nitrogen and oxygen atoms in total. The second-order valence-electron chi connectivity index (χ2n) is 5.29. The Morgan fingerprint density at radius 2 is 2.11 bits per heavy atom. The lowest BCUT2D eigenvalue weighted by Gasteiger charge is -2.38. The lowest BCUT2D eigenvalue weighted by molar-refractivity contribution is 0.0449. The minimum absolute atomic E-state index is 0.0694. The predicted octanol–water partition coefficient (Wildman–Crippen LogP) is 0.267. The fourth-order valence-electron chi connectivity index (χ4n) is 2.43. The molecule has 7 heteroatoms. The quantitative estimate of drug-likeness (QED) is 0.676. The molecule has 0 aromatic heterocycles. The normalized spacial score (nSPS) is 24.5. The summed E-state index contributed by atoms with van der Waals surface area (Å²) in [4.78, 5) is 1.92. The van der Waals surface area contributed by atoms with Gasteiger partial charge in [0, 0.05) is 18.8 Å². The van der Waals surface area contributed by atoms with E-state index in [2.05, 4.69) is 0 Å². The van der Waals surface area contributed by atoms with E-state index >= 15 is 0 Å². The monoisotopic (exact) mass is 285 g/mol. The maximum Gasteiger partial charge on any atom is 0.240 e. The van der Waals surface area contributed by atoms with Gasteiger partial charge in [0.2, 0.25) is 10.0 Å². The summed E-state index contributed by atoms with van der Waals surface area (Å²) in [6.07, 6.45) is 1.64. The van der Waals surface area contributed by atoms with Gasteiger partial charge in [-0.1, -0.05) is 0 Å². The largest absolute Gasteiger partial charge is 0.398 e. The van der Waals surface area contributed by atoms with Crippen LogP contribution in [-0.4, -0.2) is 32.2 Å². The minimum Gasteiger partial charge on any atom is -0.398 e. The Bertz CT molecular complexity index is 584. The molecule has 1 unspecified atom stereocenters. The molecule has 19 heavy (non-hydrogen) atoms. The highest BCUT2D eigenvalue weighted by molar-refractivity contribution is 7.89. The molecule has 0 saturated carbocycles. The third kappa shape index (κ3) is 3.17. The van der Waals surface area contributed by atoms with Crippen LogP contribution in [0.2, 0.25) is 0 Å². The van der Waals surface area contributed by atoms with Crippen molar-refractivity contribution < 1.29 is 13.5 Å². The van der Waals surface area contributed by atoms with E-state index in [1.807, 2.05) is 4.90 Å². The molecule has 5 N–H and O–H groups in total. The van der Waals surface area contributed by atoms with Crippen LogP contribution in [0.4, 0.5) is 11.4 Å². The predicted molar refractivity (Wildman–Crippen MR) is 74.3 cm³/mol. The summed E-state index contributed by atoms with van der Waals surface area (Å²) in [6, 6.07) is 4.65. The Labute approximate surface area is 113 Å². The van der Waals surface area contributed by atoms with Gasteiger partial charge in [-0.2, -0.15) is 0 Å². The number of sulfonamides is 1. The van der Waals surface area contributed by atoms with Gasteiger partial charge in [0.15, 0.2) is 0 Å². The maximum atomic E-state index is 11.3. The lowest BCUT2D eigenvalue weighted by Crippen LogP contribution is -2.46. The van der Waals surface area contributed by atoms with Gasteiger partial charge >= 0.3 is 0 Å². The number of hydrogen-bond donors (Lipinski definition) is 3. The van der Waals surface area contributed by atoms with Crippen LogP contribution in [0.1, 0.15) is 19.8 Å². The molecule has 1 aliphatic rings. The number of nitrogens with zero attached hydrogens (tertiary/aromatic N) is 1. The third-order valence-corrected chi connectivity index (χ3v) is 4.32. The average Bonchev–Trinajstić information content (AvgIpc) is 2.25. The number of hydrogen-bond acceptors (Lipinski definition) is 5. The van der Waals surface area contributed by atoms with Gasteiger partial charge in [-0.3, -0.25) is 0 Å². The number of primary sulfonamides is 1. The number of piperidine rings is 1. The molecule has 1 fully saturated rings. The topological polar surface area (TPSA) is 110 Å². The van der Waals surface area contributed by atoms with Crippen LogP contribution in [0.25, 0.3) is 0 Å². The number of anilines is 2. The van der Waals surface area contributed by atoms with Crippen molar-refractivity contribution in [3.05, 3.63) is 18.2 Å². The number of β-amino-alcohol motifs (C(OH)–C–C–N with tert-alkyl or cyclic N) is 1. The van der Waals surface area contributed by atoms with Gasteiger partial charge in [0.25, 0.3) is 0 Å². The SMILES string of the molecule is CC1(O)CCCN(c2ccc(S(N)(=O)=O)c(N)c2)C1. The zero-order valence-electron chi connectivity index (χ0n) is 10.8. The zero-order valence-corrected chi connectivity index (χ0v) is 11.7. The van der Waals surface area contributed by atoms with Crippen molar-refractivity contribution in [2.24, 2.45) is 5.14 Å². The van der Waals surface area contributed by atoms with Crippen LogP contribution >= 0.6 is 0 Å². The molecule has 0 amide bonds. The highest BCUT2D eigenvalue weighted by Crippen LogP contribution is 2.29. The Balaban J connectivity index is 2.30. The van der Waals surface area contributed by atoms with E-state index < -0.39 is 15.6 Å². The summed E-state index contributed by atoms with van der Waals surface area (Å²) in [7, 11) is -3.80. The average molecular weight is 285 g/mol. The van der Waals surface area contributed by atoms with Crippen molar-refractivity contribution in [1.29, 1.82) is 0 Å². The van der Waals surface area contributed by atoms with Gasteiger partial charge in [-0.15, -0.1) is 0 Å². The summed E-state index contributed by atoms with van der Waals surface area (Å²) in [5, 5.41) is 15.1. The third-order valence-electron chi connectivity index (χ3n) is 3.34. The van der Waals surface area contributed by atoms with Crippen molar-refractivity contribution in [1.82, 2.24) is 0 Å². The van der Waals surface area contributed by atoms with E-state index in [9.17, 15) is 13.5 Å². The molecule has 2 rings (SSSR count). The molecule has 0 bridgehead atoms.